The van der Waals surface area contributed by atoms with Gasteiger partial charge < -0.3 is 10.1 Å². The van der Waals surface area contributed by atoms with Gasteiger partial charge in [0, 0.05) is 17.4 Å². The van der Waals surface area contributed by atoms with Gasteiger partial charge in [0.15, 0.2) is 0 Å². The van der Waals surface area contributed by atoms with E-state index in [2.05, 4.69) is 31.0 Å². The minimum atomic E-state index is -4.74. The molecule has 0 unspecified atom stereocenters. The Bertz CT molecular complexity index is 645. The Kier molecular flexibility index (Phi) is 4.46. The van der Waals surface area contributed by atoms with Gasteiger partial charge in [-0.05, 0) is 52.3 Å². The van der Waals surface area contributed by atoms with Gasteiger partial charge in [0.25, 0.3) is 5.91 Å². The summed E-state index contributed by atoms with van der Waals surface area (Å²) in [4.78, 5) is 15.8. The molecule has 8 heteroatoms. The number of nitrogens with one attached hydrogen (secondary N) is 1. The van der Waals surface area contributed by atoms with E-state index in [-0.39, 0.29) is 5.75 Å². The molecule has 1 amide bonds. The van der Waals surface area contributed by atoms with Crippen molar-refractivity contribution in [2.45, 2.75) is 6.36 Å². The van der Waals surface area contributed by atoms with E-state index in [0.29, 0.717) is 15.9 Å². The van der Waals surface area contributed by atoms with Crippen LogP contribution in [0, 0.1) is 0 Å². The number of nitrogens with zero attached hydrogens (tertiary/aromatic N) is 1. The van der Waals surface area contributed by atoms with Gasteiger partial charge in [-0.15, -0.1) is 13.2 Å². The average Bonchev–Trinajstić information content (AvgIpc) is 2.39. The first-order chi connectivity index (χ1) is 9.83. The van der Waals surface area contributed by atoms with Crippen molar-refractivity contribution in [3.8, 4) is 5.75 Å². The second-order valence-corrected chi connectivity index (χ2v) is 4.71. The molecule has 0 aliphatic heterocycles. The fourth-order valence-corrected chi connectivity index (χ4v) is 1.85. The summed E-state index contributed by atoms with van der Waals surface area (Å²) in [5, 5.41) is 2.55. The van der Waals surface area contributed by atoms with E-state index in [9.17, 15) is 18.0 Å². The van der Waals surface area contributed by atoms with Crippen molar-refractivity contribution >= 4 is 27.5 Å². The molecule has 0 saturated carbocycles. The normalized spacial score (nSPS) is 11.0. The largest absolute Gasteiger partial charge is 0.573 e. The Balaban J connectivity index is 2.05. The molecule has 0 saturated heterocycles. The lowest BCUT2D eigenvalue weighted by Gasteiger charge is -2.10. The highest BCUT2D eigenvalue weighted by Crippen LogP contribution is 2.24. The van der Waals surface area contributed by atoms with Gasteiger partial charge in [-0.2, -0.15) is 0 Å². The summed E-state index contributed by atoms with van der Waals surface area (Å²) in [7, 11) is 0. The summed E-state index contributed by atoms with van der Waals surface area (Å²) < 4.78 is 40.3. The second-order valence-electron chi connectivity index (χ2n) is 3.89. The molecule has 4 nitrogen and oxygen atoms in total. The molecule has 0 aliphatic carbocycles. The molecule has 2 rings (SSSR count). The molecule has 1 heterocycles. The molecule has 1 aromatic heterocycles. The molecule has 21 heavy (non-hydrogen) atoms. The van der Waals surface area contributed by atoms with E-state index in [4.69, 9.17) is 0 Å². The van der Waals surface area contributed by atoms with E-state index in [1.54, 1.807) is 0 Å². The lowest BCUT2D eigenvalue weighted by atomic mass is 10.2. The number of ether oxygens (including phenoxy) is 1. The smallest absolute Gasteiger partial charge is 0.406 e. The Morgan fingerprint density at radius 2 is 1.86 bits per heavy atom. The van der Waals surface area contributed by atoms with Crippen LogP contribution in [-0.4, -0.2) is 17.3 Å². The Morgan fingerprint density at radius 3 is 2.43 bits per heavy atom. The second kappa shape index (κ2) is 6.13. The molecule has 0 bridgehead atoms. The summed E-state index contributed by atoms with van der Waals surface area (Å²) in [5.41, 5.74) is 0.718. The molecule has 0 aliphatic rings. The molecule has 110 valence electrons. The summed E-state index contributed by atoms with van der Waals surface area (Å²) in [6.07, 6.45) is -3.28. The van der Waals surface area contributed by atoms with Crippen LogP contribution < -0.4 is 10.1 Å². The number of benzene rings is 1. The quantitative estimate of drug-likeness (QED) is 0.841. The lowest BCUT2D eigenvalue weighted by molar-refractivity contribution is -0.274. The molecule has 0 radical (unpaired) electrons. The highest BCUT2D eigenvalue weighted by Gasteiger charge is 2.30. The number of alkyl halides is 3. The number of anilines is 1. The molecular formula is C13H8BrF3N2O2. The maximum absolute atomic E-state index is 12.0. The number of amides is 1. The van der Waals surface area contributed by atoms with Gasteiger partial charge in [-0.1, -0.05) is 0 Å². The third-order valence-corrected chi connectivity index (χ3v) is 2.77. The molecule has 0 atom stereocenters. The molecule has 1 aromatic carbocycles. The highest BCUT2D eigenvalue weighted by molar-refractivity contribution is 9.10. The number of rotatable bonds is 3. The lowest BCUT2D eigenvalue weighted by Crippen LogP contribution is -2.17. The van der Waals surface area contributed by atoms with E-state index < -0.39 is 12.3 Å². The zero-order valence-corrected chi connectivity index (χ0v) is 11.9. The van der Waals surface area contributed by atoms with Crippen LogP contribution in [0.15, 0.2) is 47.2 Å². The van der Waals surface area contributed by atoms with Crippen molar-refractivity contribution in [2.24, 2.45) is 0 Å². The van der Waals surface area contributed by atoms with Crippen LogP contribution in [0.1, 0.15) is 10.4 Å². The van der Waals surface area contributed by atoms with Crippen LogP contribution in [0.4, 0.5) is 18.9 Å². The van der Waals surface area contributed by atoms with Crippen molar-refractivity contribution in [3.63, 3.8) is 0 Å². The number of halogens is 4. The summed E-state index contributed by atoms with van der Waals surface area (Å²) >= 11 is 3.14. The van der Waals surface area contributed by atoms with Crippen molar-refractivity contribution in [2.75, 3.05) is 5.32 Å². The van der Waals surface area contributed by atoms with Crippen LogP contribution in [0.25, 0.3) is 0 Å². The zero-order valence-electron chi connectivity index (χ0n) is 10.3. The third kappa shape index (κ3) is 4.75. The van der Waals surface area contributed by atoms with Crippen LogP contribution >= 0.6 is 15.9 Å². The van der Waals surface area contributed by atoms with Gasteiger partial charge in [0.2, 0.25) is 0 Å². The van der Waals surface area contributed by atoms with Crippen molar-refractivity contribution in [3.05, 3.63) is 52.8 Å². The minimum absolute atomic E-state index is 0.349. The first-order valence-electron chi connectivity index (χ1n) is 5.62. The van der Waals surface area contributed by atoms with E-state index in [1.165, 1.54) is 30.5 Å². The van der Waals surface area contributed by atoms with Crippen LogP contribution in [-0.2, 0) is 0 Å². The van der Waals surface area contributed by atoms with Gasteiger partial charge in [-0.25, -0.2) is 4.98 Å². The molecule has 0 fully saturated rings. The van der Waals surface area contributed by atoms with Gasteiger partial charge in [0.05, 0.1) is 0 Å². The van der Waals surface area contributed by atoms with Gasteiger partial charge >= 0.3 is 6.36 Å². The first kappa shape index (κ1) is 15.3. The van der Waals surface area contributed by atoms with E-state index in [1.807, 2.05) is 0 Å². The van der Waals surface area contributed by atoms with Crippen molar-refractivity contribution < 1.29 is 22.7 Å². The predicted octanol–water partition coefficient (Wildman–Crippen LogP) is 4.00. The Labute approximate surface area is 126 Å². The van der Waals surface area contributed by atoms with Gasteiger partial charge in [0.1, 0.15) is 10.4 Å². The monoisotopic (exact) mass is 360 g/mol. The first-order valence-corrected chi connectivity index (χ1v) is 6.41. The maximum atomic E-state index is 12.0. The summed E-state index contributed by atoms with van der Waals surface area (Å²) in [6.45, 7) is 0. The predicted molar refractivity (Wildman–Crippen MR) is 73.0 cm³/mol. The maximum Gasteiger partial charge on any atom is 0.573 e. The standard InChI is InChI=1S/C13H8BrF3N2O2/c14-11-7-8(5-6-18-11)12(20)19-9-1-3-10(4-2-9)21-13(15,16)17/h1-7H,(H,19,20). The highest BCUT2D eigenvalue weighted by atomic mass is 79.9. The van der Waals surface area contributed by atoms with Crippen LogP contribution in [0.3, 0.4) is 0 Å². The number of carbonyl (C=O) groups excluding carboxylic acids is 1. The molecular weight excluding hydrogens is 353 g/mol. The number of pyridine rings is 1. The summed E-state index contributed by atoms with van der Waals surface area (Å²) in [5.74, 6) is -0.755. The number of carbonyl (C=O) groups is 1. The minimum Gasteiger partial charge on any atom is -0.406 e. The van der Waals surface area contributed by atoms with Crippen LogP contribution in [0.5, 0.6) is 5.75 Å². The third-order valence-electron chi connectivity index (χ3n) is 2.33. The molecule has 2 aromatic rings. The topological polar surface area (TPSA) is 51.2 Å². The van der Waals surface area contributed by atoms with Gasteiger partial charge in [-0.3, -0.25) is 4.79 Å². The molecule has 1 N–H and O–H groups in total. The van der Waals surface area contributed by atoms with Crippen molar-refractivity contribution in [1.29, 1.82) is 0 Å². The number of hydrogen-bond donors (Lipinski definition) is 1. The number of hydrogen-bond acceptors (Lipinski definition) is 3. The van der Waals surface area contributed by atoms with E-state index >= 15 is 0 Å². The average molecular weight is 361 g/mol. The zero-order chi connectivity index (χ0) is 15.5. The molecule has 0 spiro atoms. The van der Waals surface area contributed by atoms with Crippen LogP contribution in [0.2, 0.25) is 0 Å². The number of aromatic nitrogens is 1. The van der Waals surface area contributed by atoms with E-state index in [0.717, 1.165) is 12.1 Å². The summed E-state index contributed by atoms with van der Waals surface area (Å²) in [6, 6.07) is 7.90. The fourth-order valence-electron chi connectivity index (χ4n) is 1.49. The Morgan fingerprint density at radius 1 is 1.19 bits per heavy atom. The fraction of sp³-hybridized carbons (Fsp3) is 0.0769. The van der Waals surface area contributed by atoms with Crippen molar-refractivity contribution in [1.82, 2.24) is 4.98 Å². The SMILES string of the molecule is O=C(Nc1ccc(OC(F)(F)F)cc1)c1ccnc(Br)c1. The Hall–Kier alpha value is -2.09.